The van der Waals surface area contributed by atoms with E-state index in [4.69, 9.17) is 10.5 Å². The van der Waals surface area contributed by atoms with Crippen LogP contribution in [0.15, 0.2) is 24.3 Å². The van der Waals surface area contributed by atoms with Crippen molar-refractivity contribution in [2.75, 3.05) is 13.2 Å². The fraction of sp³-hybridized carbons (Fsp3) is 0.625. The van der Waals surface area contributed by atoms with Gasteiger partial charge in [0.05, 0.1) is 19.3 Å². The van der Waals surface area contributed by atoms with Crippen LogP contribution in [-0.2, 0) is 11.3 Å². The van der Waals surface area contributed by atoms with Crippen LogP contribution in [0.4, 0.5) is 0 Å². The van der Waals surface area contributed by atoms with E-state index in [1.165, 1.54) is 30.4 Å². The molecule has 1 aromatic rings. The molecule has 3 atom stereocenters. The van der Waals surface area contributed by atoms with E-state index in [9.17, 15) is 0 Å². The summed E-state index contributed by atoms with van der Waals surface area (Å²) in [4.78, 5) is 2.61. The van der Waals surface area contributed by atoms with Crippen LogP contribution >= 0.6 is 0 Å². The topological polar surface area (TPSA) is 38.5 Å². The van der Waals surface area contributed by atoms with Gasteiger partial charge in [-0.25, -0.2) is 0 Å². The molecule has 0 amide bonds. The lowest BCUT2D eigenvalue weighted by molar-refractivity contribution is -0.0206. The van der Waals surface area contributed by atoms with Gasteiger partial charge in [-0.15, -0.1) is 0 Å². The lowest BCUT2D eigenvalue weighted by Crippen LogP contribution is -2.52. The monoisotopic (exact) mass is 260 g/mol. The molecule has 3 nitrogen and oxygen atoms in total. The molecule has 3 heteroatoms. The third-order valence-corrected chi connectivity index (χ3v) is 4.67. The zero-order valence-corrected chi connectivity index (χ0v) is 11.7. The Morgan fingerprint density at radius 1 is 1.32 bits per heavy atom. The van der Waals surface area contributed by atoms with Crippen molar-refractivity contribution in [3.8, 4) is 0 Å². The highest BCUT2D eigenvalue weighted by Crippen LogP contribution is 2.36. The minimum atomic E-state index is 0.383. The molecule has 2 aliphatic rings. The number of nitrogens with two attached hydrogens (primary N) is 1. The maximum Gasteiger partial charge on any atom is 0.0721 e. The molecule has 0 radical (unpaired) electrons. The molecule has 2 heterocycles. The van der Waals surface area contributed by atoms with Crippen LogP contribution in [0.25, 0.3) is 0 Å². The summed E-state index contributed by atoms with van der Waals surface area (Å²) in [5.41, 5.74) is 8.79. The van der Waals surface area contributed by atoms with Gasteiger partial charge >= 0.3 is 0 Å². The van der Waals surface area contributed by atoms with Crippen LogP contribution in [0.3, 0.4) is 0 Å². The summed E-state index contributed by atoms with van der Waals surface area (Å²) < 4.78 is 5.82. The Morgan fingerprint density at radius 3 is 3.00 bits per heavy atom. The standard InChI is InChI=1S/C16H24N2O/c1-12-5-4-7-14(9-17)18(12)16-11-19-10-13-6-2-3-8-15(13)16/h2-3,6,8,12,14,16H,4-5,7,9-11,17H2,1H3. The average molecular weight is 260 g/mol. The molecule has 0 aromatic heterocycles. The molecule has 2 N–H and O–H groups in total. The quantitative estimate of drug-likeness (QED) is 0.887. The second-order valence-corrected chi connectivity index (χ2v) is 5.85. The third kappa shape index (κ3) is 2.42. The fourth-order valence-electron chi connectivity index (χ4n) is 3.72. The number of likely N-dealkylation sites (tertiary alicyclic amines) is 1. The number of benzene rings is 1. The number of ether oxygens (including phenoxy) is 1. The Hall–Kier alpha value is -0.900. The number of hydrogen-bond donors (Lipinski definition) is 1. The zero-order chi connectivity index (χ0) is 13.2. The number of fused-ring (bicyclic) bond motifs is 1. The molecular formula is C16H24N2O. The van der Waals surface area contributed by atoms with Crippen LogP contribution in [0, 0.1) is 0 Å². The summed E-state index contributed by atoms with van der Waals surface area (Å²) in [6.45, 7) is 4.64. The van der Waals surface area contributed by atoms with Crippen molar-refractivity contribution in [2.45, 2.75) is 50.9 Å². The smallest absolute Gasteiger partial charge is 0.0721 e. The van der Waals surface area contributed by atoms with Crippen molar-refractivity contribution < 1.29 is 4.74 Å². The number of piperidine rings is 1. The van der Waals surface area contributed by atoms with E-state index in [1.54, 1.807) is 0 Å². The molecular weight excluding hydrogens is 236 g/mol. The SMILES string of the molecule is CC1CCCC(CN)N1C1COCc2ccccc21. The Morgan fingerprint density at radius 2 is 2.16 bits per heavy atom. The Kier molecular flexibility index (Phi) is 3.87. The van der Waals surface area contributed by atoms with E-state index in [0.717, 1.165) is 19.8 Å². The van der Waals surface area contributed by atoms with Gasteiger partial charge < -0.3 is 10.5 Å². The van der Waals surface area contributed by atoms with Gasteiger partial charge in [-0.05, 0) is 30.9 Å². The second-order valence-electron chi connectivity index (χ2n) is 5.85. The summed E-state index contributed by atoms with van der Waals surface area (Å²) >= 11 is 0. The minimum Gasteiger partial charge on any atom is -0.375 e. The van der Waals surface area contributed by atoms with Gasteiger partial charge in [-0.3, -0.25) is 4.90 Å². The van der Waals surface area contributed by atoms with Crippen LogP contribution < -0.4 is 5.73 Å². The lowest BCUT2D eigenvalue weighted by Gasteiger charge is -2.46. The molecule has 104 valence electrons. The maximum atomic E-state index is 6.00. The van der Waals surface area contributed by atoms with Crippen LogP contribution in [0.1, 0.15) is 43.4 Å². The Labute approximate surface area is 115 Å². The molecule has 2 aliphatic heterocycles. The highest BCUT2D eigenvalue weighted by Gasteiger charge is 2.35. The molecule has 19 heavy (non-hydrogen) atoms. The highest BCUT2D eigenvalue weighted by atomic mass is 16.5. The minimum absolute atomic E-state index is 0.383. The van der Waals surface area contributed by atoms with Crippen LogP contribution in [0.2, 0.25) is 0 Å². The van der Waals surface area contributed by atoms with Crippen LogP contribution in [0.5, 0.6) is 0 Å². The molecule has 0 saturated carbocycles. The number of nitrogens with zero attached hydrogens (tertiary/aromatic N) is 1. The second kappa shape index (κ2) is 5.61. The molecule has 0 spiro atoms. The van der Waals surface area contributed by atoms with E-state index >= 15 is 0 Å². The Balaban J connectivity index is 1.92. The first-order valence-corrected chi connectivity index (χ1v) is 7.44. The molecule has 1 saturated heterocycles. The van der Waals surface area contributed by atoms with Gasteiger partial charge in [0.25, 0.3) is 0 Å². The van der Waals surface area contributed by atoms with Crippen molar-refractivity contribution in [2.24, 2.45) is 5.73 Å². The van der Waals surface area contributed by atoms with Gasteiger partial charge in [0, 0.05) is 18.6 Å². The lowest BCUT2D eigenvalue weighted by atomic mass is 9.89. The van der Waals surface area contributed by atoms with Crippen molar-refractivity contribution in [1.29, 1.82) is 0 Å². The molecule has 1 aromatic carbocycles. The van der Waals surface area contributed by atoms with Gasteiger partial charge in [0.15, 0.2) is 0 Å². The van der Waals surface area contributed by atoms with Gasteiger partial charge in [0.2, 0.25) is 0 Å². The van der Waals surface area contributed by atoms with E-state index < -0.39 is 0 Å². The van der Waals surface area contributed by atoms with Crippen molar-refractivity contribution in [1.82, 2.24) is 4.90 Å². The predicted molar refractivity (Wildman–Crippen MR) is 76.8 cm³/mol. The van der Waals surface area contributed by atoms with E-state index in [0.29, 0.717) is 18.1 Å². The maximum absolute atomic E-state index is 6.00. The first-order valence-electron chi connectivity index (χ1n) is 7.44. The normalized spacial score (nSPS) is 32.0. The zero-order valence-electron chi connectivity index (χ0n) is 11.7. The van der Waals surface area contributed by atoms with Crippen molar-refractivity contribution in [3.05, 3.63) is 35.4 Å². The van der Waals surface area contributed by atoms with Crippen molar-refractivity contribution >= 4 is 0 Å². The molecule has 0 aliphatic carbocycles. The van der Waals surface area contributed by atoms with Gasteiger partial charge in [-0.2, -0.15) is 0 Å². The predicted octanol–water partition coefficient (Wildman–Crippen LogP) is 2.46. The number of hydrogen-bond acceptors (Lipinski definition) is 3. The number of rotatable bonds is 2. The average Bonchev–Trinajstić information content (AvgIpc) is 2.46. The first-order chi connectivity index (χ1) is 9.31. The van der Waals surface area contributed by atoms with E-state index in [1.807, 2.05) is 0 Å². The summed E-state index contributed by atoms with van der Waals surface area (Å²) in [7, 11) is 0. The summed E-state index contributed by atoms with van der Waals surface area (Å²) in [6, 6.07) is 10.2. The molecule has 3 unspecified atom stereocenters. The van der Waals surface area contributed by atoms with Gasteiger partial charge in [-0.1, -0.05) is 30.7 Å². The summed E-state index contributed by atoms with van der Waals surface area (Å²) in [5, 5.41) is 0. The largest absolute Gasteiger partial charge is 0.375 e. The molecule has 3 rings (SSSR count). The van der Waals surface area contributed by atoms with Crippen LogP contribution in [-0.4, -0.2) is 30.1 Å². The third-order valence-electron chi connectivity index (χ3n) is 4.67. The van der Waals surface area contributed by atoms with Crippen molar-refractivity contribution in [3.63, 3.8) is 0 Å². The van der Waals surface area contributed by atoms with Gasteiger partial charge in [0.1, 0.15) is 0 Å². The molecule has 0 bridgehead atoms. The van der Waals surface area contributed by atoms with E-state index in [-0.39, 0.29) is 0 Å². The first kappa shape index (κ1) is 13.1. The fourth-order valence-corrected chi connectivity index (χ4v) is 3.72. The van der Waals surface area contributed by atoms with E-state index in [2.05, 4.69) is 36.1 Å². The highest BCUT2D eigenvalue weighted by molar-refractivity contribution is 5.31. The molecule has 1 fully saturated rings. The summed E-state index contributed by atoms with van der Waals surface area (Å²) in [5.74, 6) is 0. The summed E-state index contributed by atoms with van der Waals surface area (Å²) in [6.07, 6.45) is 3.80. The Bertz CT molecular complexity index is 435.